The van der Waals surface area contributed by atoms with Crippen LogP contribution >= 0.6 is 11.3 Å². The van der Waals surface area contributed by atoms with E-state index in [9.17, 15) is 9.18 Å². The molecule has 0 saturated carbocycles. The summed E-state index contributed by atoms with van der Waals surface area (Å²) in [4.78, 5) is 20.2. The first-order valence-electron chi connectivity index (χ1n) is 10.7. The third-order valence-corrected chi connectivity index (χ3v) is 6.76. The van der Waals surface area contributed by atoms with Crippen molar-refractivity contribution in [1.29, 1.82) is 0 Å². The summed E-state index contributed by atoms with van der Waals surface area (Å²) >= 11 is 1.79. The number of anilines is 1. The van der Waals surface area contributed by atoms with Crippen molar-refractivity contribution in [2.45, 2.75) is 19.8 Å². The zero-order chi connectivity index (χ0) is 22.5. The molecular formula is C26H26FN3OS. The van der Waals surface area contributed by atoms with E-state index in [2.05, 4.69) is 47.4 Å². The maximum Gasteiger partial charge on any atom is 0.255 e. The molecule has 2 heterocycles. The Morgan fingerprint density at radius 2 is 1.75 bits per heavy atom. The van der Waals surface area contributed by atoms with Crippen molar-refractivity contribution in [3.63, 3.8) is 0 Å². The van der Waals surface area contributed by atoms with Gasteiger partial charge in [0.25, 0.3) is 5.91 Å². The Labute approximate surface area is 191 Å². The summed E-state index contributed by atoms with van der Waals surface area (Å²) in [6.07, 6.45) is 5.63. The Hall–Kier alpha value is -3.09. The van der Waals surface area contributed by atoms with Crippen molar-refractivity contribution in [2.75, 3.05) is 25.5 Å². The fourth-order valence-electron chi connectivity index (χ4n) is 3.75. The number of aromatic nitrogens is 1. The number of pyridine rings is 1. The molecule has 2 aromatic carbocycles. The topological polar surface area (TPSA) is 45.2 Å². The molecular weight excluding hydrogens is 421 g/mol. The molecule has 2 aromatic heterocycles. The molecule has 164 valence electrons. The molecule has 32 heavy (non-hydrogen) atoms. The van der Waals surface area contributed by atoms with Gasteiger partial charge in [-0.25, -0.2) is 4.39 Å². The number of thiophene rings is 1. The van der Waals surface area contributed by atoms with Gasteiger partial charge in [-0.2, -0.15) is 0 Å². The number of carbonyl (C=O) groups is 1. The molecule has 0 radical (unpaired) electrons. The standard InChI is InChI=1S/C26H26FN3OS/c1-18-23(12-16-30(2)15-11-19-9-13-28-14-10-19)24-17-22(7-8-25(24)32-18)29-26(31)20-3-5-21(27)6-4-20/h3-10,13-14,17H,11-12,15-16H2,1-2H3,(H,29,31). The summed E-state index contributed by atoms with van der Waals surface area (Å²) in [6.45, 7) is 4.11. The fraction of sp³-hybridized carbons (Fsp3) is 0.231. The van der Waals surface area contributed by atoms with Crippen molar-refractivity contribution < 1.29 is 9.18 Å². The van der Waals surface area contributed by atoms with Gasteiger partial charge in [0, 0.05) is 46.3 Å². The number of fused-ring (bicyclic) bond motifs is 1. The number of carbonyl (C=O) groups excluding carboxylic acids is 1. The highest BCUT2D eigenvalue weighted by Crippen LogP contribution is 2.33. The van der Waals surface area contributed by atoms with Crippen molar-refractivity contribution in [2.24, 2.45) is 0 Å². The third kappa shape index (κ3) is 5.39. The molecule has 1 amide bonds. The van der Waals surface area contributed by atoms with Gasteiger partial charge in [-0.3, -0.25) is 9.78 Å². The zero-order valence-electron chi connectivity index (χ0n) is 18.3. The van der Waals surface area contributed by atoms with E-state index in [4.69, 9.17) is 0 Å². The van der Waals surface area contributed by atoms with Gasteiger partial charge < -0.3 is 10.2 Å². The first-order valence-corrected chi connectivity index (χ1v) is 11.5. The number of rotatable bonds is 8. The number of amides is 1. The van der Waals surface area contributed by atoms with Crippen LogP contribution in [0.3, 0.4) is 0 Å². The van der Waals surface area contributed by atoms with Crippen molar-refractivity contribution in [1.82, 2.24) is 9.88 Å². The summed E-state index contributed by atoms with van der Waals surface area (Å²) in [5, 5.41) is 4.12. The fourth-order valence-corrected chi connectivity index (χ4v) is 4.84. The van der Waals surface area contributed by atoms with E-state index < -0.39 is 0 Å². The zero-order valence-corrected chi connectivity index (χ0v) is 19.1. The van der Waals surface area contributed by atoms with Crippen LogP contribution in [0.2, 0.25) is 0 Å². The lowest BCUT2D eigenvalue weighted by Gasteiger charge is -2.16. The SMILES string of the molecule is Cc1sc2ccc(NC(=O)c3ccc(F)cc3)cc2c1CCN(C)CCc1ccncc1. The summed E-state index contributed by atoms with van der Waals surface area (Å²) in [5.41, 5.74) is 3.81. The highest BCUT2D eigenvalue weighted by Gasteiger charge is 2.13. The highest BCUT2D eigenvalue weighted by atomic mass is 32.1. The summed E-state index contributed by atoms with van der Waals surface area (Å²) < 4.78 is 14.3. The maximum atomic E-state index is 13.1. The Morgan fingerprint density at radius 1 is 1.03 bits per heavy atom. The monoisotopic (exact) mass is 447 g/mol. The molecule has 6 heteroatoms. The number of benzene rings is 2. The van der Waals surface area contributed by atoms with Gasteiger partial charge in [0.15, 0.2) is 0 Å². The quantitative estimate of drug-likeness (QED) is 0.376. The maximum absolute atomic E-state index is 13.1. The molecule has 0 aliphatic heterocycles. The van der Waals surface area contributed by atoms with Crippen LogP contribution in [0, 0.1) is 12.7 Å². The van der Waals surface area contributed by atoms with E-state index in [0.717, 1.165) is 31.6 Å². The van der Waals surface area contributed by atoms with Crippen molar-refractivity contribution >= 4 is 33.0 Å². The molecule has 1 N–H and O–H groups in total. The molecule has 0 fully saturated rings. The van der Waals surface area contributed by atoms with Gasteiger partial charge in [0.2, 0.25) is 0 Å². The minimum absolute atomic E-state index is 0.242. The van der Waals surface area contributed by atoms with E-state index >= 15 is 0 Å². The van der Waals surface area contributed by atoms with Crippen LogP contribution in [0.15, 0.2) is 67.0 Å². The van der Waals surface area contributed by atoms with Crippen LogP contribution in [0.5, 0.6) is 0 Å². The number of nitrogens with zero attached hydrogens (tertiary/aromatic N) is 2. The van der Waals surface area contributed by atoms with Crippen LogP contribution in [-0.2, 0) is 12.8 Å². The number of hydrogen-bond acceptors (Lipinski definition) is 4. The molecule has 4 aromatic rings. The Bertz CT molecular complexity index is 1210. The second-order valence-electron chi connectivity index (χ2n) is 7.97. The van der Waals surface area contributed by atoms with Gasteiger partial charge in [-0.15, -0.1) is 11.3 Å². The van der Waals surface area contributed by atoms with Crippen LogP contribution in [0.1, 0.15) is 26.4 Å². The van der Waals surface area contributed by atoms with Crippen LogP contribution in [-0.4, -0.2) is 35.9 Å². The first-order chi connectivity index (χ1) is 15.5. The summed E-state index contributed by atoms with van der Waals surface area (Å²) in [6, 6.07) is 15.7. The molecule has 4 nitrogen and oxygen atoms in total. The molecule has 4 rings (SSSR count). The van der Waals surface area contributed by atoms with E-state index in [1.807, 2.05) is 24.5 Å². The first kappa shape index (κ1) is 22.1. The van der Waals surface area contributed by atoms with Gasteiger partial charge in [0.05, 0.1) is 0 Å². The highest BCUT2D eigenvalue weighted by molar-refractivity contribution is 7.19. The predicted molar refractivity (Wildman–Crippen MR) is 130 cm³/mol. The van der Waals surface area contributed by atoms with E-state index in [0.29, 0.717) is 5.56 Å². The molecule has 0 bridgehead atoms. The number of nitrogens with one attached hydrogen (secondary N) is 1. The lowest BCUT2D eigenvalue weighted by molar-refractivity contribution is 0.102. The van der Waals surface area contributed by atoms with Crippen LogP contribution in [0.4, 0.5) is 10.1 Å². The van der Waals surface area contributed by atoms with E-state index in [1.165, 1.54) is 50.4 Å². The third-order valence-electron chi connectivity index (χ3n) is 5.63. The minimum Gasteiger partial charge on any atom is -0.322 e. The number of halogens is 1. The second-order valence-corrected chi connectivity index (χ2v) is 9.22. The average molecular weight is 448 g/mol. The molecule has 0 unspecified atom stereocenters. The second kappa shape index (κ2) is 10.0. The number of aryl methyl sites for hydroxylation is 1. The van der Waals surface area contributed by atoms with E-state index in [1.54, 1.807) is 11.3 Å². The Morgan fingerprint density at radius 3 is 2.50 bits per heavy atom. The van der Waals surface area contributed by atoms with Gasteiger partial charge in [-0.1, -0.05) is 0 Å². The predicted octanol–water partition coefficient (Wildman–Crippen LogP) is 5.71. The smallest absolute Gasteiger partial charge is 0.255 e. The minimum atomic E-state index is -0.355. The molecule has 0 aliphatic carbocycles. The number of likely N-dealkylation sites (N-methyl/N-ethyl adjacent to an activating group) is 1. The van der Waals surface area contributed by atoms with Crippen molar-refractivity contribution in [3.05, 3.63) is 94.4 Å². The van der Waals surface area contributed by atoms with Crippen LogP contribution < -0.4 is 5.32 Å². The lowest BCUT2D eigenvalue weighted by Crippen LogP contribution is -2.24. The largest absolute Gasteiger partial charge is 0.322 e. The average Bonchev–Trinajstić information content (AvgIpc) is 3.11. The lowest BCUT2D eigenvalue weighted by atomic mass is 10.1. The molecule has 0 saturated heterocycles. The molecule has 0 spiro atoms. The van der Waals surface area contributed by atoms with Crippen molar-refractivity contribution in [3.8, 4) is 0 Å². The van der Waals surface area contributed by atoms with Gasteiger partial charge >= 0.3 is 0 Å². The molecule has 0 aliphatic rings. The Balaban J connectivity index is 1.43. The van der Waals surface area contributed by atoms with Gasteiger partial charge in [0.1, 0.15) is 5.82 Å². The van der Waals surface area contributed by atoms with Gasteiger partial charge in [-0.05, 0) is 97.9 Å². The van der Waals surface area contributed by atoms with Crippen LogP contribution in [0.25, 0.3) is 10.1 Å². The van der Waals surface area contributed by atoms with E-state index in [-0.39, 0.29) is 11.7 Å². The normalized spacial score (nSPS) is 11.2. The summed E-state index contributed by atoms with van der Waals surface area (Å²) in [5.74, 6) is -0.596. The molecule has 0 atom stereocenters. The number of hydrogen-bond donors (Lipinski definition) is 1. The summed E-state index contributed by atoms with van der Waals surface area (Å²) in [7, 11) is 2.15. The Kier molecular flexibility index (Phi) is 6.93.